The highest BCUT2D eigenvalue weighted by atomic mass is 16.5. The molecule has 1 amide bonds. The number of nitrogens with one attached hydrogen (secondary N) is 1. The summed E-state index contributed by atoms with van der Waals surface area (Å²) in [5.41, 5.74) is 2.68. The van der Waals surface area contributed by atoms with Crippen LogP contribution in [0.5, 0.6) is 11.5 Å². The number of carbonyl (C=O) groups excluding carboxylic acids is 1. The Labute approximate surface area is 170 Å². The first-order chi connectivity index (χ1) is 14.1. The molecule has 3 aromatic rings. The zero-order chi connectivity index (χ0) is 20.6. The van der Waals surface area contributed by atoms with Gasteiger partial charge in [0.05, 0.1) is 13.7 Å². The number of amides is 1. The third kappa shape index (κ3) is 5.57. The minimum Gasteiger partial charge on any atom is -0.493 e. The van der Waals surface area contributed by atoms with Crippen molar-refractivity contribution in [2.75, 3.05) is 19.0 Å². The van der Waals surface area contributed by atoms with Crippen LogP contribution in [-0.2, 0) is 11.2 Å². The molecule has 0 aliphatic heterocycles. The van der Waals surface area contributed by atoms with Gasteiger partial charge < -0.3 is 19.3 Å². The number of anilines is 1. The molecule has 0 radical (unpaired) electrons. The summed E-state index contributed by atoms with van der Waals surface area (Å²) in [6, 6.07) is 13.2. The number of hydrogen-bond donors (Lipinski definition) is 1. The topological polar surface area (TPSA) is 86.5 Å². The van der Waals surface area contributed by atoms with Crippen molar-refractivity contribution in [1.82, 2.24) is 10.1 Å². The lowest BCUT2D eigenvalue weighted by Gasteiger charge is -2.09. The molecule has 29 heavy (non-hydrogen) atoms. The number of aryl methyl sites for hydroxylation is 2. The lowest BCUT2D eigenvalue weighted by atomic mass is 10.2. The van der Waals surface area contributed by atoms with E-state index in [0.29, 0.717) is 49.1 Å². The van der Waals surface area contributed by atoms with E-state index in [-0.39, 0.29) is 5.91 Å². The van der Waals surface area contributed by atoms with Gasteiger partial charge in [0, 0.05) is 24.1 Å². The Kier molecular flexibility index (Phi) is 6.84. The third-order valence-electron chi connectivity index (χ3n) is 4.29. The Morgan fingerprint density at radius 3 is 2.79 bits per heavy atom. The van der Waals surface area contributed by atoms with Crippen LogP contribution in [0.2, 0.25) is 0 Å². The van der Waals surface area contributed by atoms with Crippen molar-refractivity contribution in [3.63, 3.8) is 0 Å². The van der Waals surface area contributed by atoms with E-state index in [9.17, 15) is 4.79 Å². The fraction of sp³-hybridized carbons (Fsp3) is 0.318. The zero-order valence-corrected chi connectivity index (χ0v) is 16.9. The van der Waals surface area contributed by atoms with Gasteiger partial charge in [0.2, 0.25) is 17.6 Å². The first kappa shape index (κ1) is 20.4. The van der Waals surface area contributed by atoms with Gasteiger partial charge in [-0.25, -0.2) is 0 Å². The van der Waals surface area contributed by atoms with Gasteiger partial charge in [0.1, 0.15) is 0 Å². The fourth-order valence-corrected chi connectivity index (χ4v) is 2.90. The van der Waals surface area contributed by atoms with E-state index in [1.165, 1.54) is 0 Å². The molecule has 0 unspecified atom stereocenters. The van der Waals surface area contributed by atoms with Crippen LogP contribution in [0.3, 0.4) is 0 Å². The van der Waals surface area contributed by atoms with Crippen molar-refractivity contribution in [2.45, 2.75) is 33.1 Å². The van der Waals surface area contributed by atoms with Gasteiger partial charge in [-0.05, 0) is 56.2 Å². The second-order valence-electron chi connectivity index (χ2n) is 6.58. The predicted molar refractivity (Wildman–Crippen MR) is 110 cm³/mol. The summed E-state index contributed by atoms with van der Waals surface area (Å²) in [6.45, 7) is 4.46. The molecule has 2 aromatic carbocycles. The molecule has 0 bridgehead atoms. The van der Waals surface area contributed by atoms with Gasteiger partial charge in [0.15, 0.2) is 11.5 Å². The van der Waals surface area contributed by atoms with Gasteiger partial charge in [-0.1, -0.05) is 17.3 Å². The second kappa shape index (κ2) is 9.73. The van der Waals surface area contributed by atoms with Crippen LogP contribution in [0.25, 0.3) is 11.4 Å². The molecule has 0 atom stereocenters. The van der Waals surface area contributed by atoms with Crippen molar-refractivity contribution < 1.29 is 18.8 Å². The minimum absolute atomic E-state index is 0.0356. The molecule has 0 aliphatic carbocycles. The van der Waals surface area contributed by atoms with Crippen LogP contribution in [0, 0.1) is 6.92 Å². The number of ether oxygens (including phenoxy) is 2. The lowest BCUT2D eigenvalue weighted by Crippen LogP contribution is -2.11. The smallest absolute Gasteiger partial charge is 0.226 e. The maximum atomic E-state index is 12.1. The molecular weight excluding hydrogens is 370 g/mol. The summed E-state index contributed by atoms with van der Waals surface area (Å²) >= 11 is 0. The molecule has 0 fully saturated rings. The summed E-state index contributed by atoms with van der Waals surface area (Å²) in [5.74, 6) is 2.22. The third-order valence-corrected chi connectivity index (χ3v) is 4.29. The average Bonchev–Trinajstić information content (AvgIpc) is 3.17. The van der Waals surface area contributed by atoms with E-state index in [4.69, 9.17) is 14.0 Å². The first-order valence-corrected chi connectivity index (χ1v) is 9.59. The molecular formula is C22H25N3O4. The van der Waals surface area contributed by atoms with E-state index in [0.717, 1.165) is 16.8 Å². The number of hydrogen-bond acceptors (Lipinski definition) is 6. The second-order valence-corrected chi connectivity index (χ2v) is 6.58. The van der Waals surface area contributed by atoms with Crippen molar-refractivity contribution in [1.29, 1.82) is 0 Å². The summed E-state index contributed by atoms with van der Waals surface area (Å²) in [6.07, 6.45) is 1.52. The lowest BCUT2D eigenvalue weighted by molar-refractivity contribution is -0.116. The maximum Gasteiger partial charge on any atom is 0.226 e. The van der Waals surface area contributed by atoms with Crippen LogP contribution in [-0.4, -0.2) is 29.8 Å². The molecule has 7 nitrogen and oxygen atoms in total. The van der Waals surface area contributed by atoms with E-state index in [2.05, 4.69) is 15.5 Å². The Morgan fingerprint density at radius 1 is 1.17 bits per heavy atom. The average molecular weight is 395 g/mol. The molecule has 1 N–H and O–H groups in total. The Bertz CT molecular complexity index is 968. The predicted octanol–water partition coefficient (Wildman–Crippen LogP) is 4.41. The van der Waals surface area contributed by atoms with Crippen LogP contribution >= 0.6 is 0 Å². The maximum absolute atomic E-state index is 12.1. The molecule has 0 spiro atoms. The zero-order valence-electron chi connectivity index (χ0n) is 16.9. The fourth-order valence-electron chi connectivity index (χ4n) is 2.90. The SMILES string of the molecule is CCOc1ccc(-c2noc(CCCC(=O)Nc3cccc(C)c3)n2)cc1OC. The summed E-state index contributed by atoms with van der Waals surface area (Å²) in [7, 11) is 1.59. The summed E-state index contributed by atoms with van der Waals surface area (Å²) in [5, 5.41) is 6.93. The van der Waals surface area contributed by atoms with Crippen LogP contribution in [0.1, 0.15) is 31.2 Å². The van der Waals surface area contributed by atoms with Crippen molar-refractivity contribution in [3.8, 4) is 22.9 Å². The van der Waals surface area contributed by atoms with Crippen LogP contribution in [0.4, 0.5) is 5.69 Å². The minimum atomic E-state index is -0.0356. The van der Waals surface area contributed by atoms with E-state index >= 15 is 0 Å². The quantitative estimate of drug-likeness (QED) is 0.577. The highest BCUT2D eigenvalue weighted by molar-refractivity contribution is 5.90. The summed E-state index contributed by atoms with van der Waals surface area (Å²) < 4.78 is 16.2. The highest BCUT2D eigenvalue weighted by Gasteiger charge is 2.13. The molecule has 0 saturated heterocycles. The normalized spacial score (nSPS) is 10.6. The monoisotopic (exact) mass is 395 g/mol. The largest absolute Gasteiger partial charge is 0.493 e. The summed E-state index contributed by atoms with van der Waals surface area (Å²) in [4.78, 5) is 16.5. The van der Waals surface area contributed by atoms with Gasteiger partial charge >= 0.3 is 0 Å². The first-order valence-electron chi connectivity index (χ1n) is 9.59. The van der Waals surface area contributed by atoms with E-state index in [1.54, 1.807) is 7.11 Å². The van der Waals surface area contributed by atoms with Crippen molar-refractivity contribution in [2.24, 2.45) is 0 Å². The highest BCUT2D eigenvalue weighted by Crippen LogP contribution is 2.31. The van der Waals surface area contributed by atoms with Gasteiger partial charge in [-0.15, -0.1) is 0 Å². The number of benzene rings is 2. The molecule has 152 valence electrons. The van der Waals surface area contributed by atoms with E-state index in [1.807, 2.05) is 56.3 Å². The van der Waals surface area contributed by atoms with Crippen LogP contribution in [0.15, 0.2) is 47.0 Å². The van der Waals surface area contributed by atoms with Crippen molar-refractivity contribution in [3.05, 3.63) is 53.9 Å². The van der Waals surface area contributed by atoms with Crippen molar-refractivity contribution >= 4 is 11.6 Å². The molecule has 1 heterocycles. The number of nitrogens with zero attached hydrogens (tertiary/aromatic N) is 2. The number of methoxy groups -OCH3 is 1. The van der Waals surface area contributed by atoms with Gasteiger partial charge in [0.25, 0.3) is 0 Å². The Hall–Kier alpha value is -3.35. The Morgan fingerprint density at radius 2 is 2.03 bits per heavy atom. The molecule has 1 aromatic heterocycles. The number of aromatic nitrogens is 2. The van der Waals surface area contributed by atoms with Gasteiger partial charge in [-0.3, -0.25) is 4.79 Å². The number of carbonyl (C=O) groups is 1. The standard InChI is InChI=1S/C22H25N3O4/c1-4-28-18-12-11-16(14-19(18)27-3)22-24-21(29-25-22)10-6-9-20(26)23-17-8-5-7-15(2)13-17/h5,7-8,11-14H,4,6,9-10H2,1-3H3,(H,23,26). The van der Waals surface area contributed by atoms with E-state index < -0.39 is 0 Å². The molecule has 3 rings (SSSR count). The Balaban J connectivity index is 1.54. The molecule has 0 saturated carbocycles. The molecule has 0 aliphatic rings. The van der Waals surface area contributed by atoms with Crippen LogP contribution < -0.4 is 14.8 Å². The van der Waals surface area contributed by atoms with Gasteiger partial charge in [-0.2, -0.15) is 4.98 Å². The number of rotatable bonds is 9. The molecule has 7 heteroatoms.